The molecule has 16 nitrogen and oxygen atoms in total. The van der Waals surface area contributed by atoms with Gasteiger partial charge in [-0.15, -0.1) is 5.10 Å². The van der Waals surface area contributed by atoms with Crippen molar-refractivity contribution in [3.8, 4) is 11.3 Å². The Balaban J connectivity index is 1.40. The first-order chi connectivity index (χ1) is 26.9. The maximum absolute atomic E-state index is 14.5. The van der Waals surface area contributed by atoms with Gasteiger partial charge in [-0.05, 0) is 64.5 Å². The second kappa shape index (κ2) is 18.5. The highest BCUT2D eigenvalue weighted by molar-refractivity contribution is 6.00. The van der Waals surface area contributed by atoms with Crippen molar-refractivity contribution in [3.05, 3.63) is 42.6 Å². The predicted octanol–water partition coefficient (Wildman–Crippen LogP) is 2.84. The lowest BCUT2D eigenvalue weighted by Crippen LogP contribution is -2.61. The normalized spacial score (nSPS) is 37.5. The number of aliphatic hydroxyl groups is 2. The molecule has 0 aliphatic carbocycles. The van der Waals surface area contributed by atoms with Crippen LogP contribution in [0, 0.1) is 23.7 Å². The molecule has 5 rings (SSSR count). The first-order valence-electron chi connectivity index (χ1n) is 20.0. The molecule has 0 radical (unpaired) electrons. The molecule has 316 valence electrons. The number of carbonyl (C=O) groups excluding carboxylic acids is 3. The maximum atomic E-state index is 14.5. The Bertz CT molecular complexity index is 1740. The van der Waals surface area contributed by atoms with Crippen LogP contribution in [0.3, 0.4) is 0 Å². The minimum absolute atomic E-state index is 0.0662. The standard InChI is InChI=1S/C41H62N6O10/c1-10-30-36-32(47(40(52)56-36)17-12-11-16-46-20-29(44-45-46)27-14-13-15-28(42)18-27)23(4)33(48)21(2)19-41(8,53-9)37(24(5)34(49)25(6)38(51)55-30)57-39-35(50)31(43)22(3)26(7)54-39/h13-15,18,20-22,24-26,30-32,35-37,39-40,50,52H,4,10-12,16-17,19,42-43H2,1-3,5-9H3/t21-,22+,24+,25-,26?,30-,31?,32-,35?,36-,37-,39+,40?,41-/m1/s1. The Kier molecular flexibility index (Phi) is 14.5. The van der Waals surface area contributed by atoms with E-state index in [1.165, 1.54) is 14.0 Å². The van der Waals surface area contributed by atoms with Gasteiger partial charge >= 0.3 is 5.97 Å². The average molecular weight is 799 g/mol. The summed E-state index contributed by atoms with van der Waals surface area (Å²) in [6.07, 6.45) is -3.82. The third-order valence-electron chi connectivity index (χ3n) is 12.3. The van der Waals surface area contributed by atoms with Gasteiger partial charge in [0.15, 0.2) is 17.9 Å². The molecule has 3 aliphatic rings. The second-order valence-corrected chi connectivity index (χ2v) is 16.3. The van der Waals surface area contributed by atoms with Crippen LogP contribution in [0.1, 0.15) is 74.1 Å². The molecule has 3 aliphatic heterocycles. The van der Waals surface area contributed by atoms with E-state index < -0.39 is 84.3 Å². The Morgan fingerprint density at radius 2 is 1.77 bits per heavy atom. The van der Waals surface area contributed by atoms with Crippen LogP contribution >= 0.6 is 0 Å². The molecule has 4 heterocycles. The second-order valence-electron chi connectivity index (χ2n) is 16.3. The lowest BCUT2D eigenvalue weighted by atomic mass is 9.76. The highest BCUT2D eigenvalue weighted by atomic mass is 16.7. The van der Waals surface area contributed by atoms with E-state index >= 15 is 0 Å². The molecule has 1 aromatic heterocycles. The van der Waals surface area contributed by atoms with E-state index in [-0.39, 0.29) is 36.2 Å². The number of anilines is 1. The number of nitrogen functional groups attached to an aromatic ring is 1. The van der Waals surface area contributed by atoms with Crippen molar-refractivity contribution in [3.63, 3.8) is 0 Å². The molecule has 16 heteroatoms. The lowest BCUT2D eigenvalue weighted by Gasteiger charge is -2.46. The van der Waals surface area contributed by atoms with E-state index in [0.29, 0.717) is 37.3 Å². The van der Waals surface area contributed by atoms with Crippen molar-refractivity contribution in [1.29, 1.82) is 0 Å². The molecule has 0 spiro atoms. The number of carbonyl (C=O) groups is 3. The van der Waals surface area contributed by atoms with E-state index in [0.717, 1.165) is 5.56 Å². The first-order valence-corrected chi connectivity index (χ1v) is 20.0. The number of fused-ring (bicyclic) bond motifs is 1. The Hall–Kier alpha value is -3.61. The maximum Gasteiger partial charge on any atom is 0.316 e. The molecule has 14 atom stereocenters. The number of rotatable bonds is 10. The molecule has 57 heavy (non-hydrogen) atoms. The number of aliphatic hydroxyl groups excluding tert-OH is 2. The van der Waals surface area contributed by atoms with Crippen LogP contribution in [0.15, 0.2) is 42.6 Å². The molecule has 4 unspecified atom stereocenters. The fraction of sp³-hybridized carbons (Fsp3) is 0.683. The molecule has 3 saturated heterocycles. The summed E-state index contributed by atoms with van der Waals surface area (Å²) in [7, 11) is 1.46. The number of nitrogens with two attached hydrogens (primary N) is 2. The number of hydrogen-bond acceptors (Lipinski definition) is 15. The van der Waals surface area contributed by atoms with E-state index in [1.54, 1.807) is 43.3 Å². The Labute approximate surface area is 335 Å². The van der Waals surface area contributed by atoms with E-state index in [1.807, 2.05) is 38.2 Å². The topological polar surface area (TPSA) is 224 Å². The number of ketones is 2. The monoisotopic (exact) mass is 798 g/mol. The van der Waals surface area contributed by atoms with Crippen LogP contribution in [0.5, 0.6) is 0 Å². The number of cyclic esters (lactones) is 1. The highest BCUT2D eigenvalue weighted by Gasteiger charge is 2.53. The Morgan fingerprint density at radius 3 is 2.44 bits per heavy atom. The number of unbranched alkanes of at least 4 members (excludes halogenated alkanes) is 1. The number of aryl methyl sites for hydroxylation is 1. The van der Waals surface area contributed by atoms with Crippen molar-refractivity contribution < 1.29 is 48.3 Å². The number of nitrogens with zero attached hydrogens (tertiary/aromatic N) is 4. The van der Waals surface area contributed by atoms with Crippen LogP contribution in [-0.2, 0) is 44.6 Å². The molecule has 1 aromatic carbocycles. The van der Waals surface area contributed by atoms with Crippen molar-refractivity contribution in [1.82, 2.24) is 19.9 Å². The van der Waals surface area contributed by atoms with Gasteiger partial charge in [-0.2, -0.15) is 0 Å². The van der Waals surface area contributed by atoms with Crippen molar-refractivity contribution in [2.75, 3.05) is 19.4 Å². The average Bonchev–Trinajstić information content (AvgIpc) is 3.80. The number of benzene rings is 1. The molecule has 2 aromatic rings. The molecule has 0 saturated carbocycles. The summed E-state index contributed by atoms with van der Waals surface area (Å²) in [4.78, 5) is 44.1. The van der Waals surface area contributed by atoms with Gasteiger partial charge in [0.2, 0.25) is 6.41 Å². The largest absolute Gasteiger partial charge is 0.459 e. The smallest absolute Gasteiger partial charge is 0.316 e. The fourth-order valence-corrected chi connectivity index (χ4v) is 8.41. The minimum Gasteiger partial charge on any atom is -0.459 e. The molecule has 0 bridgehead atoms. The number of aromatic nitrogens is 3. The van der Waals surface area contributed by atoms with Crippen molar-refractivity contribution in [2.45, 2.75) is 142 Å². The quantitative estimate of drug-likeness (QED) is 0.0892. The summed E-state index contributed by atoms with van der Waals surface area (Å²) in [5.74, 6) is -4.72. The summed E-state index contributed by atoms with van der Waals surface area (Å²) in [6.45, 7) is 17.2. The van der Waals surface area contributed by atoms with Gasteiger partial charge in [0.05, 0.1) is 30.0 Å². The van der Waals surface area contributed by atoms with Crippen LogP contribution in [0.4, 0.5) is 5.69 Å². The molecular formula is C41H62N6O10. The van der Waals surface area contributed by atoms with Crippen molar-refractivity contribution >= 4 is 23.2 Å². The van der Waals surface area contributed by atoms with Gasteiger partial charge in [-0.25, -0.2) is 4.90 Å². The summed E-state index contributed by atoms with van der Waals surface area (Å²) in [5.41, 5.74) is 13.3. The number of hydrogen-bond donors (Lipinski definition) is 4. The minimum atomic E-state index is -1.43. The van der Waals surface area contributed by atoms with Crippen LogP contribution in [0.25, 0.3) is 11.3 Å². The predicted molar refractivity (Wildman–Crippen MR) is 210 cm³/mol. The Morgan fingerprint density at radius 1 is 1.07 bits per heavy atom. The van der Waals surface area contributed by atoms with Crippen molar-refractivity contribution in [2.24, 2.45) is 29.4 Å². The summed E-state index contributed by atoms with van der Waals surface area (Å²) >= 11 is 0. The third-order valence-corrected chi connectivity index (χ3v) is 12.3. The van der Waals surface area contributed by atoms with E-state index in [4.69, 9.17) is 35.2 Å². The zero-order valence-electron chi connectivity index (χ0n) is 34.4. The third kappa shape index (κ3) is 9.49. The summed E-state index contributed by atoms with van der Waals surface area (Å²) in [5, 5.41) is 31.0. The lowest BCUT2D eigenvalue weighted by molar-refractivity contribution is -0.297. The summed E-state index contributed by atoms with van der Waals surface area (Å²) in [6, 6.07) is 5.87. The molecule has 0 amide bonds. The van der Waals surface area contributed by atoms with Crippen LogP contribution in [-0.4, -0.2) is 122 Å². The van der Waals surface area contributed by atoms with Gasteiger partial charge in [0.25, 0.3) is 0 Å². The number of esters is 1. The van der Waals surface area contributed by atoms with Gasteiger partial charge in [0.1, 0.15) is 29.9 Å². The van der Waals surface area contributed by atoms with E-state index in [9.17, 15) is 24.6 Å². The first kappa shape index (κ1) is 44.5. The molecule has 6 N–H and O–H groups in total. The van der Waals surface area contributed by atoms with Gasteiger partial charge in [-0.3, -0.25) is 19.1 Å². The zero-order chi connectivity index (χ0) is 41.9. The van der Waals surface area contributed by atoms with Gasteiger partial charge in [0, 0.05) is 54.9 Å². The van der Waals surface area contributed by atoms with E-state index in [2.05, 4.69) is 16.9 Å². The SMILES string of the molecule is C=C1C(=O)[C@H](C)C[C@@](C)(OC)[C@H](O[C@@H]2OC(C)[C@H](C)C(N)C2O)[C@@H](C)C(=O)[C@@H](C)C(=O)O[C@H](CC)[C@H]2OC(O)N(CCCCn3cc(-c4cccc(N)c4)nn3)[C@H]12. The number of methoxy groups -OCH3 is 1. The highest BCUT2D eigenvalue weighted by Crippen LogP contribution is 2.39. The molecule has 3 fully saturated rings. The fourth-order valence-electron chi connectivity index (χ4n) is 8.41. The number of Topliss-reactive ketones (excluding diaryl/α,β-unsaturated/α-hetero) is 2. The molecular weight excluding hydrogens is 736 g/mol. The van der Waals surface area contributed by atoms with Gasteiger partial charge in [-0.1, -0.05) is 51.6 Å². The zero-order valence-corrected chi connectivity index (χ0v) is 34.4. The number of ether oxygens (including phenoxy) is 5. The van der Waals surface area contributed by atoms with Crippen LogP contribution < -0.4 is 11.5 Å². The van der Waals surface area contributed by atoms with Crippen LogP contribution in [0.2, 0.25) is 0 Å². The summed E-state index contributed by atoms with van der Waals surface area (Å²) < 4.78 is 32.4. The van der Waals surface area contributed by atoms with Gasteiger partial charge < -0.3 is 45.4 Å².